The molecular formula is C18H25BrF3NO2. The van der Waals surface area contributed by atoms with Gasteiger partial charge in [-0.05, 0) is 58.8 Å². The van der Waals surface area contributed by atoms with E-state index in [0.29, 0.717) is 12.2 Å². The predicted octanol–water partition coefficient (Wildman–Crippen LogP) is 5.55. The van der Waals surface area contributed by atoms with Gasteiger partial charge in [0.15, 0.2) is 6.79 Å². The van der Waals surface area contributed by atoms with Gasteiger partial charge in [-0.1, -0.05) is 26.0 Å². The molecule has 0 radical (unpaired) electrons. The van der Waals surface area contributed by atoms with Gasteiger partial charge >= 0.3 is 6.18 Å². The monoisotopic (exact) mass is 423 g/mol. The lowest BCUT2D eigenvalue weighted by Gasteiger charge is -2.26. The van der Waals surface area contributed by atoms with Crippen LogP contribution in [0.1, 0.15) is 39.2 Å². The van der Waals surface area contributed by atoms with Gasteiger partial charge in [-0.25, -0.2) is 0 Å². The molecule has 1 rings (SSSR count). The largest absolute Gasteiger partial charge is 0.466 e. The van der Waals surface area contributed by atoms with E-state index in [1.54, 1.807) is 7.11 Å². The fourth-order valence-electron chi connectivity index (χ4n) is 2.42. The second-order valence-electron chi connectivity index (χ2n) is 6.31. The van der Waals surface area contributed by atoms with Crippen molar-refractivity contribution in [2.24, 2.45) is 0 Å². The number of hydrogen-bond donors (Lipinski definition) is 1. The number of ether oxygens (including phenoxy) is 2. The SMILES string of the molecule is C/C=C(\NCCCC(C)(C)c1ccc(Br)c(OCOC)c1)C(F)(F)F. The number of benzene rings is 1. The first-order valence-electron chi connectivity index (χ1n) is 8.01. The molecule has 142 valence electrons. The van der Waals surface area contributed by atoms with E-state index in [4.69, 9.17) is 9.47 Å². The molecule has 0 aliphatic carbocycles. The van der Waals surface area contributed by atoms with E-state index in [9.17, 15) is 13.2 Å². The third-order valence-corrected chi connectivity index (χ3v) is 4.59. The molecule has 0 atom stereocenters. The molecular weight excluding hydrogens is 399 g/mol. The number of alkyl halides is 3. The third-order valence-electron chi connectivity index (χ3n) is 3.93. The molecule has 0 aliphatic heterocycles. The summed E-state index contributed by atoms with van der Waals surface area (Å²) in [4.78, 5) is 0. The van der Waals surface area contributed by atoms with Crippen LogP contribution in [-0.2, 0) is 10.2 Å². The van der Waals surface area contributed by atoms with Crippen molar-refractivity contribution in [2.75, 3.05) is 20.4 Å². The maximum atomic E-state index is 12.7. The molecule has 0 bridgehead atoms. The number of halogens is 4. The Hall–Kier alpha value is -1.21. The van der Waals surface area contributed by atoms with Crippen molar-refractivity contribution < 1.29 is 22.6 Å². The van der Waals surface area contributed by atoms with E-state index in [-0.39, 0.29) is 18.8 Å². The molecule has 1 aromatic rings. The van der Waals surface area contributed by atoms with Crippen LogP contribution in [0.5, 0.6) is 5.75 Å². The topological polar surface area (TPSA) is 30.5 Å². The minimum absolute atomic E-state index is 0.149. The molecule has 0 saturated carbocycles. The normalized spacial score (nSPS) is 13.0. The summed E-state index contributed by atoms with van der Waals surface area (Å²) in [5.41, 5.74) is 0.176. The summed E-state index contributed by atoms with van der Waals surface area (Å²) in [7, 11) is 1.55. The van der Waals surface area contributed by atoms with Crippen LogP contribution in [0.25, 0.3) is 0 Å². The summed E-state index contributed by atoms with van der Waals surface area (Å²) in [6.45, 7) is 5.93. The first-order valence-corrected chi connectivity index (χ1v) is 8.80. The molecule has 0 fully saturated rings. The van der Waals surface area contributed by atoms with Gasteiger partial charge < -0.3 is 14.8 Å². The Morgan fingerprint density at radius 3 is 2.52 bits per heavy atom. The van der Waals surface area contributed by atoms with Crippen LogP contribution in [0.15, 0.2) is 34.4 Å². The second-order valence-corrected chi connectivity index (χ2v) is 7.16. The highest BCUT2D eigenvalue weighted by molar-refractivity contribution is 9.10. The van der Waals surface area contributed by atoms with Crippen molar-refractivity contribution in [3.8, 4) is 5.75 Å². The Labute approximate surface area is 155 Å². The molecule has 0 amide bonds. The van der Waals surface area contributed by atoms with Crippen LogP contribution in [0.4, 0.5) is 13.2 Å². The first kappa shape index (κ1) is 21.8. The molecule has 0 heterocycles. The lowest BCUT2D eigenvalue weighted by Crippen LogP contribution is -2.28. The highest BCUT2D eigenvalue weighted by atomic mass is 79.9. The van der Waals surface area contributed by atoms with Gasteiger partial charge in [0, 0.05) is 13.7 Å². The Bertz CT molecular complexity index is 586. The van der Waals surface area contributed by atoms with Gasteiger partial charge in [-0.2, -0.15) is 13.2 Å². The first-order chi connectivity index (χ1) is 11.6. The Balaban J connectivity index is 2.66. The van der Waals surface area contributed by atoms with Crippen LogP contribution in [0.2, 0.25) is 0 Å². The number of allylic oxidation sites excluding steroid dienone is 2. The van der Waals surface area contributed by atoms with Crippen molar-refractivity contribution in [3.63, 3.8) is 0 Å². The van der Waals surface area contributed by atoms with Crippen LogP contribution in [0.3, 0.4) is 0 Å². The summed E-state index contributed by atoms with van der Waals surface area (Å²) >= 11 is 3.43. The molecule has 0 spiro atoms. The van der Waals surface area contributed by atoms with Gasteiger partial charge in [0.05, 0.1) is 4.47 Å². The Kier molecular flexibility index (Phi) is 8.28. The van der Waals surface area contributed by atoms with E-state index in [1.165, 1.54) is 6.92 Å². The quantitative estimate of drug-likeness (QED) is 0.417. The van der Waals surface area contributed by atoms with Crippen molar-refractivity contribution in [3.05, 3.63) is 40.0 Å². The second kappa shape index (κ2) is 9.48. The van der Waals surface area contributed by atoms with Crippen molar-refractivity contribution in [1.29, 1.82) is 0 Å². The fourth-order valence-corrected chi connectivity index (χ4v) is 2.78. The standard InChI is InChI=1S/C18H25BrF3NO2/c1-5-16(18(20,21)22)23-10-6-9-17(2,3)13-7-8-14(19)15(11-13)25-12-24-4/h5,7-8,11,23H,6,9-10,12H2,1-4H3/b16-5-. The summed E-state index contributed by atoms with van der Waals surface area (Å²) in [5, 5.41) is 2.47. The number of methoxy groups -OCH3 is 1. The van der Waals surface area contributed by atoms with E-state index >= 15 is 0 Å². The van der Waals surface area contributed by atoms with Crippen molar-refractivity contribution >= 4 is 15.9 Å². The summed E-state index contributed by atoms with van der Waals surface area (Å²) < 4.78 is 49.3. The lowest BCUT2D eigenvalue weighted by molar-refractivity contribution is -0.0968. The molecule has 1 aromatic carbocycles. The van der Waals surface area contributed by atoms with Crippen LogP contribution >= 0.6 is 15.9 Å². The molecule has 0 saturated heterocycles. The van der Waals surface area contributed by atoms with Crippen molar-refractivity contribution in [1.82, 2.24) is 5.32 Å². The van der Waals surface area contributed by atoms with Crippen LogP contribution < -0.4 is 10.1 Å². The highest BCUT2D eigenvalue weighted by Gasteiger charge is 2.32. The van der Waals surface area contributed by atoms with Gasteiger partial charge in [-0.3, -0.25) is 0 Å². The molecule has 0 aromatic heterocycles. The maximum Gasteiger partial charge on any atom is 0.430 e. The molecule has 3 nitrogen and oxygen atoms in total. The average Bonchev–Trinajstić information content (AvgIpc) is 2.52. The van der Waals surface area contributed by atoms with Crippen molar-refractivity contribution in [2.45, 2.75) is 45.2 Å². The van der Waals surface area contributed by atoms with E-state index < -0.39 is 11.9 Å². The molecule has 1 N–H and O–H groups in total. The summed E-state index contributed by atoms with van der Waals surface area (Å²) in [6, 6.07) is 5.83. The van der Waals surface area contributed by atoms with Gasteiger partial charge in [0.2, 0.25) is 0 Å². The van der Waals surface area contributed by atoms with Crippen LogP contribution in [0, 0.1) is 0 Å². The van der Waals surface area contributed by atoms with E-state index in [2.05, 4.69) is 35.1 Å². The third kappa shape index (κ3) is 6.90. The summed E-state index contributed by atoms with van der Waals surface area (Å²) in [5.74, 6) is 0.679. The summed E-state index contributed by atoms with van der Waals surface area (Å²) in [6.07, 6.45) is -1.92. The zero-order chi connectivity index (χ0) is 19.1. The highest BCUT2D eigenvalue weighted by Crippen LogP contribution is 2.34. The zero-order valence-electron chi connectivity index (χ0n) is 15.0. The number of nitrogens with one attached hydrogen (secondary N) is 1. The van der Waals surface area contributed by atoms with Gasteiger partial charge in [0.25, 0.3) is 0 Å². The Morgan fingerprint density at radius 2 is 1.96 bits per heavy atom. The predicted molar refractivity (Wildman–Crippen MR) is 96.7 cm³/mol. The average molecular weight is 424 g/mol. The zero-order valence-corrected chi connectivity index (χ0v) is 16.6. The molecule has 0 unspecified atom stereocenters. The molecule has 0 aliphatic rings. The van der Waals surface area contributed by atoms with E-state index in [0.717, 1.165) is 22.5 Å². The number of hydrogen-bond acceptors (Lipinski definition) is 3. The fraction of sp³-hybridized carbons (Fsp3) is 0.556. The minimum Gasteiger partial charge on any atom is -0.466 e. The van der Waals surface area contributed by atoms with Gasteiger partial charge in [0.1, 0.15) is 11.4 Å². The maximum absolute atomic E-state index is 12.7. The smallest absolute Gasteiger partial charge is 0.430 e. The molecule has 7 heteroatoms. The number of rotatable bonds is 9. The minimum atomic E-state index is -4.33. The molecule has 25 heavy (non-hydrogen) atoms. The van der Waals surface area contributed by atoms with Crippen LogP contribution in [-0.4, -0.2) is 26.6 Å². The van der Waals surface area contributed by atoms with Gasteiger partial charge in [-0.15, -0.1) is 0 Å². The Morgan fingerprint density at radius 1 is 1.28 bits per heavy atom. The van der Waals surface area contributed by atoms with E-state index in [1.807, 2.05) is 18.2 Å². The lowest BCUT2D eigenvalue weighted by atomic mass is 9.80.